The minimum absolute atomic E-state index is 0.389. The second-order valence-corrected chi connectivity index (χ2v) is 6.08. The van der Waals surface area contributed by atoms with Crippen LogP contribution in [0.15, 0.2) is 5.38 Å². The maximum atomic E-state index is 4.55. The van der Waals surface area contributed by atoms with Crippen molar-refractivity contribution in [1.29, 1.82) is 0 Å². The first-order chi connectivity index (χ1) is 7.66. The molecule has 0 radical (unpaired) electrons. The van der Waals surface area contributed by atoms with Gasteiger partial charge in [0.25, 0.3) is 0 Å². The highest BCUT2D eigenvalue weighted by Crippen LogP contribution is 2.28. The van der Waals surface area contributed by atoms with Gasteiger partial charge in [0.15, 0.2) is 0 Å². The van der Waals surface area contributed by atoms with Crippen molar-refractivity contribution in [2.45, 2.75) is 58.5 Å². The van der Waals surface area contributed by atoms with E-state index in [0.717, 1.165) is 10.9 Å². The van der Waals surface area contributed by atoms with E-state index in [1.807, 2.05) is 0 Å². The Labute approximate surface area is 102 Å². The van der Waals surface area contributed by atoms with Crippen molar-refractivity contribution >= 4 is 11.3 Å². The number of rotatable bonds is 4. The molecule has 0 aliphatic heterocycles. The van der Waals surface area contributed by atoms with E-state index < -0.39 is 0 Å². The number of nitrogens with one attached hydrogen (secondary N) is 1. The zero-order chi connectivity index (χ0) is 11.5. The highest BCUT2D eigenvalue weighted by atomic mass is 32.1. The van der Waals surface area contributed by atoms with E-state index in [1.54, 1.807) is 11.3 Å². The maximum Gasteiger partial charge on any atom is 0.0898 e. The van der Waals surface area contributed by atoms with E-state index in [-0.39, 0.29) is 0 Å². The van der Waals surface area contributed by atoms with Gasteiger partial charge in [-0.25, -0.2) is 4.98 Å². The number of thiazole rings is 1. The normalized spacial score (nSPS) is 21.2. The fourth-order valence-electron chi connectivity index (χ4n) is 2.65. The molecule has 1 fully saturated rings. The average Bonchev–Trinajstić information content (AvgIpc) is 2.87. The summed E-state index contributed by atoms with van der Waals surface area (Å²) in [5.41, 5.74) is 1.20. The lowest BCUT2D eigenvalue weighted by Gasteiger charge is -2.24. The third kappa shape index (κ3) is 2.83. The number of aromatic nitrogens is 1. The third-order valence-electron chi connectivity index (χ3n) is 3.70. The number of hydrogen-bond donors (Lipinski definition) is 1. The standard InChI is InChI=1S/C13H22N2S/c1-9(12-6-4-5-7-12)14-10(2)13-8-16-11(3)15-13/h8-10,12,14H,4-7H2,1-3H3/t9-,10?/m0/s1. The molecule has 2 atom stereocenters. The number of aryl methyl sites for hydroxylation is 1. The summed E-state index contributed by atoms with van der Waals surface area (Å²) >= 11 is 1.74. The molecule has 1 aliphatic rings. The van der Waals surface area contributed by atoms with Crippen molar-refractivity contribution in [3.05, 3.63) is 16.1 Å². The first-order valence-electron chi connectivity index (χ1n) is 6.35. The van der Waals surface area contributed by atoms with Crippen LogP contribution in [-0.2, 0) is 0 Å². The SMILES string of the molecule is Cc1nc(C(C)N[C@@H](C)C2CCCC2)cs1. The molecule has 90 valence electrons. The smallest absolute Gasteiger partial charge is 0.0898 e. The molecule has 0 saturated heterocycles. The lowest BCUT2D eigenvalue weighted by atomic mass is 9.99. The minimum Gasteiger partial charge on any atom is -0.306 e. The second-order valence-electron chi connectivity index (χ2n) is 5.01. The van der Waals surface area contributed by atoms with Crippen LogP contribution in [0.3, 0.4) is 0 Å². The van der Waals surface area contributed by atoms with Gasteiger partial charge in [0.1, 0.15) is 0 Å². The van der Waals surface area contributed by atoms with Crippen LogP contribution in [0.1, 0.15) is 56.3 Å². The van der Waals surface area contributed by atoms with Gasteiger partial charge >= 0.3 is 0 Å². The van der Waals surface area contributed by atoms with Crippen LogP contribution < -0.4 is 5.32 Å². The fraction of sp³-hybridized carbons (Fsp3) is 0.769. The number of nitrogens with zero attached hydrogens (tertiary/aromatic N) is 1. The van der Waals surface area contributed by atoms with Gasteiger partial charge in [-0.3, -0.25) is 0 Å². The molecule has 1 N–H and O–H groups in total. The Morgan fingerprint density at radius 3 is 2.62 bits per heavy atom. The molecule has 1 aromatic rings. The van der Waals surface area contributed by atoms with Crippen molar-refractivity contribution in [2.75, 3.05) is 0 Å². The fourth-order valence-corrected chi connectivity index (χ4v) is 3.36. The molecule has 0 spiro atoms. The van der Waals surface area contributed by atoms with Crippen LogP contribution >= 0.6 is 11.3 Å². The predicted molar refractivity (Wildman–Crippen MR) is 69.8 cm³/mol. The van der Waals surface area contributed by atoms with Crippen LogP contribution in [0.5, 0.6) is 0 Å². The molecule has 1 aliphatic carbocycles. The van der Waals surface area contributed by atoms with Gasteiger partial charge < -0.3 is 5.32 Å². The summed E-state index contributed by atoms with van der Waals surface area (Å²) in [5.74, 6) is 0.877. The van der Waals surface area contributed by atoms with E-state index >= 15 is 0 Å². The van der Waals surface area contributed by atoms with Crippen molar-refractivity contribution < 1.29 is 0 Å². The summed E-state index contributed by atoms with van der Waals surface area (Å²) in [4.78, 5) is 4.55. The molecule has 0 amide bonds. The van der Waals surface area contributed by atoms with Crippen molar-refractivity contribution in [3.8, 4) is 0 Å². The van der Waals surface area contributed by atoms with E-state index in [9.17, 15) is 0 Å². The van der Waals surface area contributed by atoms with Gasteiger partial charge in [-0.05, 0) is 39.5 Å². The minimum atomic E-state index is 0.389. The van der Waals surface area contributed by atoms with Gasteiger partial charge in [-0.2, -0.15) is 0 Å². The van der Waals surface area contributed by atoms with Gasteiger partial charge in [0, 0.05) is 17.5 Å². The van der Waals surface area contributed by atoms with E-state index in [1.165, 1.54) is 31.4 Å². The number of hydrogen-bond acceptors (Lipinski definition) is 3. The Balaban J connectivity index is 1.88. The van der Waals surface area contributed by atoms with Crippen LogP contribution in [0, 0.1) is 12.8 Å². The summed E-state index contributed by atoms with van der Waals surface area (Å²) < 4.78 is 0. The van der Waals surface area contributed by atoms with Gasteiger partial charge in [0.2, 0.25) is 0 Å². The largest absolute Gasteiger partial charge is 0.306 e. The molecule has 16 heavy (non-hydrogen) atoms. The lowest BCUT2D eigenvalue weighted by Crippen LogP contribution is -2.34. The summed E-state index contributed by atoms with van der Waals surface area (Å²) in [6.07, 6.45) is 5.63. The molecular weight excluding hydrogens is 216 g/mol. The van der Waals surface area contributed by atoms with E-state index in [2.05, 4.69) is 36.5 Å². The Morgan fingerprint density at radius 1 is 1.38 bits per heavy atom. The van der Waals surface area contributed by atoms with Crippen molar-refractivity contribution in [3.63, 3.8) is 0 Å². The molecule has 1 aromatic heterocycles. The van der Waals surface area contributed by atoms with E-state index in [0.29, 0.717) is 12.1 Å². The van der Waals surface area contributed by atoms with Crippen LogP contribution in [0.4, 0.5) is 0 Å². The topological polar surface area (TPSA) is 24.9 Å². The molecular formula is C13H22N2S. The lowest BCUT2D eigenvalue weighted by molar-refractivity contribution is 0.350. The highest BCUT2D eigenvalue weighted by Gasteiger charge is 2.23. The maximum absolute atomic E-state index is 4.55. The zero-order valence-corrected chi connectivity index (χ0v) is 11.3. The molecule has 1 heterocycles. The van der Waals surface area contributed by atoms with Crippen molar-refractivity contribution in [2.24, 2.45) is 5.92 Å². The van der Waals surface area contributed by atoms with Gasteiger partial charge in [-0.1, -0.05) is 12.8 Å². The van der Waals surface area contributed by atoms with Crippen LogP contribution in [0.2, 0.25) is 0 Å². The molecule has 0 bridgehead atoms. The molecule has 2 rings (SSSR count). The Morgan fingerprint density at radius 2 is 2.06 bits per heavy atom. The molecule has 0 aromatic carbocycles. The Kier molecular flexibility index (Phi) is 3.98. The average molecular weight is 238 g/mol. The first kappa shape index (κ1) is 12.1. The zero-order valence-electron chi connectivity index (χ0n) is 10.5. The predicted octanol–water partition coefficient (Wildman–Crippen LogP) is 3.68. The first-order valence-corrected chi connectivity index (χ1v) is 7.23. The molecule has 3 heteroatoms. The quantitative estimate of drug-likeness (QED) is 0.865. The van der Waals surface area contributed by atoms with Crippen LogP contribution in [0.25, 0.3) is 0 Å². The molecule has 1 unspecified atom stereocenters. The van der Waals surface area contributed by atoms with Crippen molar-refractivity contribution in [1.82, 2.24) is 10.3 Å². The highest BCUT2D eigenvalue weighted by molar-refractivity contribution is 7.09. The van der Waals surface area contributed by atoms with Gasteiger partial charge in [0.05, 0.1) is 10.7 Å². The van der Waals surface area contributed by atoms with E-state index in [4.69, 9.17) is 0 Å². The third-order valence-corrected chi connectivity index (χ3v) is 4.49. The monoisotopic (exact) mass is 238 g/mol. The second kappa shape index (κ2) is 5.28. The summed E-state index contributed by atoms with van der Waals surface area (Å²) in [6, 6.07) is 1.01. The molecule has 2 nitrogen and oxygen atoms in total. The summed E-state index contributed by atoms with van der Waals surface area (Å²) in [6.45, 7) is 6.62. The summed E-state index contributed by atoms with van der Waals surface area (Å²) in [7, 11) is 0. The Hall–Kier alpha value is -0.410. The van der Waals surface area contributed by atoms with Gasteiger partial charge in [-0.15, -0.1) is 11.3 Å². The summed E-state index contributed by atoms with van der Waals surface area (Å²) in [5, 5.41) is 7.03. The molecule has 1 saturated carbocycles. The van der Waals surface area contributed by atoms with Crippen LogP contribution in [-0.4, -0.2) is 11.0 Å². The Bertz CT molecular complexity index is 328.